The average Bonchev–Trinajstić information content (AvgIpc) is 3.05. The molecule has 2 aliphatic heterocycles. The van der Waals surface area contributed by atoms with Crippen LogP contribution in [-0.2, 0) is 17.7 Å². The van der Waals surface area contributed by atoms with E-state index in [0.29, 0.717) is 29.7 Å². The lowest BCUT2D eigenvalue weighted by molar-refractivity contribution is 0.0841. The van der Waals surface area contributed by atoms with E-state index in [4.69, 9.17) is 16.3 Å². The first-order valence-electron chi connectivity index (χ1n) is 8.66. The smallest absolute Gasteiger partial charge is 0.322 e. The van der Waals surface area contributed by atoms with Gasteiger partial charge in [0.2, 0.25) is 0 Å². The number of amides is 2. The van der Waals surface area contributed by atoms with Crippen molar-refractivity contribution in [2.45, 2.75) is 31.7 Å². The van der Waals surface area contributed by atoms with Crippen molar-refractivity contribution in [2.24, 2.45) is 0 Å². The minimum Gasteiger partial charge on any atom is -0.381 e. The molecule has 0 saturated carbocycles. The largest absolute Gasteiger partial charge is 0.381 e. The van der Waals surface area contributed by atoms with Gasteiger partial charge in [-0.1, -0.05) is 17.7 Å². The third-order valence-corrected chi connectivity index (χ3v) is 5.17. The number of aromatic nitrogens is 2. The zero-order valence-electron chi connectivity index (χ0n) is 13.9. The van der Waals surface area contributed by atoms with Gasteiger partial charge in [0, 0.05) is 54.1 Å². The molecule has 0 bridgehead atoms. The molecule has 7 heteroatoms. The van der Waals surface area contributed by atoms with Gasteiger partial charge in [0.15, 0.2) is 0 Å². The summed E-state index contributed by atoms with van der Waals surface area (Å²) in [6, 6.07) is 7.10. The molecule has 2 amide bonds. The van der Waals surface area contributed by atoms with Gasteiger partial charge in [0.25, 0.3) is 0 Å². The summed E-state index contributed by atoms with van der Waals surface area (Å²) in [4.78, 5) is 14.5. The Morgan fingerprint density at radius 3 is 3.00 bits per heavy atom. The van der Waals surface area contributed by atoms with Crippen molar-refractivity contribution in [2.75, 3.05) is 25.1 Å². The van der Waals surface area contributed by atoms with Crippen LogP contribution in [0.4, 0.5) is 10.5 Å². The van der Waals surface area contributed by atoms with Crippen molar-refractivity contribution in [3.05, 3.63) is 46.2 Å². The van der Waals surface area contributed by atoms with Crippen LogP contribution in [0, 0.1) is 0 Å². The molecule has 25 heavy (non-hydrogen) atoms. The Morgan fingerprint density at radius 1 is 1.36 bits per heavy atom. The summed E-state index contributed by atoms with van der Waals surface area (Å²) in [7, 11) is 0. The predicted octanol–water partition coefficient (Wildman–Crippen LogP) is 3.55. The molecular weight excluding hydrogens is 340 g/mol. The first-order valence-corrected chi connectivity index (χ1v) is 9.04. The molecule has 0 unspecified atom stereocenters. The molecular formula is C18H21ClN4O2. The molecule has 0 aliphatic carbocycles. The number of anilines is 1. The maximum absolute atomic E-state index is 12.6. The van der Waals surface area contributed by atoms with Gasteiger partial charge >= 0.3 is 6.03 Å². The minimum absolute atomic E-state index is 0.105. The quantitative estimate of drug-likeness (QED) is 0.860. The number of aromatic amines is 1. The number of carbonyl (C=O) groups is 1. The number of hydrogen-bond donors (Lipinski definition) is 2. The number of H-pyrrole nitrogens is 1. The molecule has 4 rings (SSSR count). The van der Waals surface area contributed by atoms with Crippen LogP contribution < -0.4 is 5.32 Å². The lowest BCUT2D eigenvalue weighted by atomic mass is 9.91. The Morgan fingerprint density at radius 2 is 2.20 bits per heavy atom. The third kappa shape index (κ3) is 3.50. The normalized spacial score (nSPS) is 18.0. The number of hydrogen-bond acceptors (Lipinski definition) is 3. The molecule has 1 fully saturated rings. The van der Waals surface area contributed by atoms with E-state index in [1.54, 1.807) is 12.1 Å². The highest BCUT2D eigenvalue weighted by molar-refractivity contribution is 6.30. The molecule has 0 spiro atoms. The molecule has 1 aromatic carbocycles. The second-order valence-corrected chi connectivity index (χ2v) is 7.00. The van der Waals surface area contributed by atoms with E-state index in [1.165, 1.54) is 5.56 Å². The highest BCUT2D eigenvalue weighted by atomic mass is 35.5. The molecule has 6 nitrogen and oxygen atoms in total. The van der Waals surface area contributed by atoms with E-state index in [1.807, 2.05) is 17.0 Å². The monoisotopic (exact) mass is 360 g/mol. The Hall–Kier alpha value is -2.05. The summed E-state index contributed by atoms with van der Waals surface area (Å²) < 4.78 is 5.45. The number of rotatable bonds is 2. The van der Waals surface area contributed by atoms with Crippen molar-refractivity contribution >= 4 is 23.3 Å². The van der Waals surface area contributed by atoms with Crippen molar-refractivity contribution < 1.29 is 9.53 Å². The van der Waals surface area contributed by atoms with Crippen molar-refractivity contribution in [3.63, 3.8) is 0 Å². The molecule has 0 radical (unpaired) electrons. The number of urea groups is 1. The standard InChI is InChI=1S/C18H21ClN4O2/c19-13-2-1-3-14(10-13)20-18(24)23-7-4-16-15(11-23)17(22-21-16)12-5-8-25-9-6-12/h1-3,10,12H,4-9,11H2,(H,20,24)(H,21,22). The Labute approximate surface area is 151 Å². The lowest BCUT2D eigenvalue weighted by Crippen LogP contribution is -2.39. The molecule has 0 atom stereocenters. The molecule has 3 heterocycles. The van der Waals surface area contributed by atoms with Gasteiger partial charge in [-0.05, 0) is 31.0 Å². The molecule has 1 saturated heterocycles. The van der Waals surface area contributed by atoms with Crippen molar-refractivity contribution in [1.29, 1.82) is 0 Å². The summed E-state index contributed by atoms with van der Waals surface area (Å²) in [5.74, 6) is 0.421. The SMILES string of the molecule is O=C(Nc1cccc(Cl)c1)N1CCc2[nH]nc(C3CCOCC3)c2C1. The van der Waals surface area contributed by atoms with Crippen molar-refractivity contribution in [1.82, 2.24) is 15.1 Å². The average molecular weight is 361 g/mol. The minimum atomic E-state index is -0.105. The van der Waals surface area contributed by atoms with Gasteiger partial charge in [-0.15, -0.1) is 0 Å². The van der Waals surface area contributed by atoms with E-state index >= 15 is 0 Å². The van der Waals surface area contributed by atoms with Crippen LogP contribution in [0.15, 0.2) is 24.3 Å². The van der Waals surface area contributed by atoms with E-state index in [2.05, 4.69) is 15.5 Å². The zero-order chi connectivity index (χ0) is 17.2. The number of ether oxygens (including phenoxy) is 1. The number of nitrogens with one attached hydrogen (secondary N) is 2. The maximum atomic E-state index is 12.6. The van der Waals surface area contributed by atoms with Gasteiger partial charge in [-0.25, -0.2) is 4.79 Å². The van der Waals surface area contributed by atoms with Gasteiger partial charge in [-0.3, -0.25) is 5.10 Å². The Bertz CT molecular complexity index is 770. The Kier molecular flexibility index (Phi) is 4.63. The topological polar surface area (TPSA) is 70.2 Å². The fraction of sp³-hybridized carbons (Fsp3) is 0.444. The maximum Gasteiger partial charge on any atom is 0.322 e. The highest BCUT2D eigenvalue weighted by Gasteiger charge is 2.29. The van der Waals surface area contributed by atoms with Crippen molar-refractivity contribution in [3.8, 4) is 0 Å². The van der Waals surface area contributed by atoms with Gasteiger partial charge in [-0.2, -0.15) is 5.10 Å². The van der Waals surface area contributed by atoms with Crippen LogP contribution in [0.1, 0.15) is 35.7 Å². The summed E-state index contributed by atoms with van der Waals surface area (Å²) >= 11 is 5.99. The number of fused-ring (bicyclic) bond motifs is 1. The summed E-state index contributed by atoms with van der Waals surface area (Å²) in [6.07, 6.45) is 2.78. The van der Waals surface area contributed by atoms with E-state index in [-0.39, 0.29) is 6.03 Å². The number of halogens is 1. The van der Waals surface area contributed by atoms with E-state index < -0.39 is 0 Å². The van der Waals surface area contributed by atoms with Crippen LogP contribution >= 0.6 is 11.6 Å². The number of benzene rings is 1. The van der Waals surface area contributed by atoms with Crippen LogP contribution in [0.5, 0.6) is 0 Å². The third-order valence-electron chi connectivity index (χ3n) is 4.94. The molecule has 2 N–H and O–H groups in total. The summed E-state index contributed by atoms with van der Waals surface area (Å²) in [5.41, 5.74) is 4.16. The van der Waals surface area contributed by atoms with Gasteiger partial charge < -0.3 is 15.0 Å². The Balaban J connectivity index is 1.48. The fourth-order valence-corrected chi connectivity index (χ4v) is 3.76. The van der Waals surface area contributed by atoms with E-state index in [9.17, 15) is 4.79 Å². The molecule has 2 aromatic rings. The second kappa shape index (κ2) is 7.06. The van der Waals surface area contributed by atoms with Gasteiger partial charge in [0.05, 0.1) is 12.2 Å². The predicted molar refractivity (Wildman–Crippen MR) is 96.0 cm³/mol. The van der Waals surface area contributed by atoms with Gasteiger partial charge in [0.1, 0.15) is 0 Å². The fourth-order valence-electron chi connectivity index (χ4n) is 3.57. The molecule has 132 valence electrons. The zero-order valence-corrected chi connectivity index (χ0v) is 14.7. The first-order chi connectivity index (χ1) is 12.2. The summed E-state index contributed by atoms with van der Waals surface area (Å²) in [6.45, 7) is 2.83. The lowest BCUT2D eigenvalue weighted by Gasteiger charge is -2.29. The van der Waals surface area contributed by atoms with Crippen LogP contribution in [0.3, 0.4) is 0 Å². The molecule has 1 aromatic heterocycles. The number of carbonyl (C=O) groups excluding carboxylic acids is 1. The van der Waals surface area contributed by atoms with Crippen LogP contribution in [0.2, 0.25) is 5.02 Å². The molecule has 2 aliphatic rings. The number of nitrogens with zero attached hydrogens (tertiary/aromatic N) is 2. The van der Waals surface area contributed by atoms with Crippen LogP contribution in [0.25, 0.3) is 0 Å². The summed E-state index contributed by atoms with van der Waals surface area (Å²) in [5, 5.41) is 11.3. The highest BCUT2D eigenvalue weighted by Crippen LogP contribution is 2.32. The second-order valence-electron chi connectivity index (χ2n) is 6.56. The van der Waals surface area contributed by atoms with Crippen LogP contribution in [-0.4, -0.2) is 40.9 Å². The first kappa shape index (κ1) is 16.4. The van der Waals surface area contributed by atoms with E-state index in [0.717, 1.165) is 43.9 Å².